The van der Waals surface area contributed by atoms with E-state index in [-0.39, 0.29) is 5.91 Å². The zero-order valence-electron chi connectivity index (χ0n) is 15.4. The van der Waals surface area contributed by atoms with Crippen LogP contribution in [0.2, 0.25) is 0 Å². The molecule has 1 fully saturated rings. The standard InChI is InChI=1S/C21H28N2OS2/c1-17(15-23-11-5-2-6-12-23)14-22-21(24)19-9-3-4-10-20(19)26-16-18-8-7-13-25-18/h3-4,7-10,13,17H,2,5-6,11-12,14-16H2,1H3,(H,22,24). The number of rotatable bonds is 8. The molecule has 0 saturated carbocycles. The highest BCUT2D eigenvalue weighted by molar-refractivity contribution is 7.98. The lowest BCUT2D eigenvalue weighted by Crippen LogP contribution is -2.38. The van der Waals surface area contributed by atoms with E-state index in [0.717, 1.165) is 29.3 Å². The Morgan fingerprint density at radius 2 is 2.00 bits per heavy atom. The Bertz CT molecular complexity index is 681. The molecule has 3 nitrogen and oxygen atoms in total. The molecule has 1 atom stereocenters. The molecule has 1 saturated heterocycles. The zero-order valence-corrected chi connectivity index (χ0v) is 17.1. The molecule has 5 heteroatoms. The Kier molecular flexibility index (Phi) is 7.59. The van der Waals surface area contributed by atoms with Crippen LogP contribution in [0.1, 0.15) is 41.4 Å². The van der Waals surface area contributed by atoms with Gasteiger partial charge in [0.05, 0.1) is 5.56 Å². The third-order valence-corrected chi connectivity index (χ3v) is 6.89. The van der Waals surface area contributed by atoms with Crippen molar-refractivity contribution >= 4 is 29.0 Å². The molecule has 26 heavy (non-hydrogen) atoms. The van der Waals surface area contributed by atoms with Crippen LogP contribution in [-0.4, -0.2) is 37.0 Å². The van der Waals surface area contributed by atoms with E-state index in [2.05, 4.69) is 34.7 Å². The summed E-state index contributed by atoms with van der Waals surface area (Å²) in [7, 11) is 0. The summed E-state index contributed by atoms with van der Waals surface area (Å²) in [4.78, 5) is 17.6. The Balaban J connectivity index is 1.50. The minimum Gasteiger partial charge on any atom is -0.352 e. The number of thiophene rings is 1. The van der Waals surface area contributed by atoms with E-state index in [1.54, 1.807) is 23.1 Å². The molecule has 1 aliphatic heterocycles. The van der Waals surface area contributed by atoms with E-state index >= 15 is 0 Å². The third-order valence-electron chi connectivity index (χ3n) is 4.71. The molecule has 1 amide bonds. The molecule has 0 radical (unpaired) electrons. The summed E-state index contributed by atoms with van der Waals surface area (Å²) in [6.07, 6.45) is 3.99. The van der Waals surface area contributed by atoms with Crippen LogP contribution in [0.3, 0.4) is 0 Å². The number of thioether (sulfide) groups is 1. The smallest absolute Gasteiger partial charge is 0.252 e. The normalized spacial score (nSPS) is 16.3. The summed E-state index contributed by atoms with van der Waals surface area (Å²) in [6, 6.07) is 12.1. The van der Waals surface area contributed by atoms with Gasteiger partial charge in [0.25, 0.3) is 5.91 Å². The van der Waals surface area contributed by atoms with Gasteiger partial charge in [-0.3, -0.25) is 4.79 Å². The largest absolute Gasteiger partial charge is 0.352 e. The lowest BCUT2D eigenvalue weighted by Gasteiger charge is -2.29. The molecule has 140 valence electrons. The van der Waals surface area contributed by atoms with Crippen molar-refractivity contribution < 1.29 is 4.79 Å². The number of nitrogens with zero attached hydrogens (tertiary/aromatic N) is 1. The molecule has 0 aliphatic carbocycles. The second-order valence-electron chi connectivity index (χ2n) is 7.04. The monoisotopic (exact) mass is 388 g/mol. The first-order valence-electron chi connectivity index (χ1n) is 9.47. The van der Waals surface area contributed by atoms with Crippen LogP contribution in [0.4, 0.5) is 0 Å². The molecule has 1 aliphatic rings. The van der Waals surface area contributed by atoms with Crippen LogP contribution in [-0.2, 0) is 5.75 Å². The van der Waals surface area contributed by atoms with E-state index in [0.29, 0.717) is 5.92 Å². The summed E-state index contributed by atoms with van der Waals surface area (Å²) < 4.78 is 0. The van der Waals surface area contributed by atoms with Crippen molar-refractivity contribution in [2.75, 3.05) is 26.2 Å². The molecule has 1 aromatic carbocycles. The highest BCUT2D eigenvalue weighted by Crippen LogP contribution is 2.28. The number of nitrogens with one attached hydrogen (secondary N) is 1. The lowest BCUT2D eigenvalue weighted by atomic mass is 10.1. The fraction of sp³-hybridized carbons (Fsp3) is 0.476. The first kappa shape index (κ1) is 19.5. The highest BCUT2D eigenvalue weighted by atomic mass is 32.2. The van der Waals surface area contributed by atoms with E-state index < -0.39 is 0 Å². The van der Waals surface area contributed by atoms with Gasteiger partial charge in [0.1, 0.15) is 0 Å². The van der Waals surface area contributed by atoms with E-state index in [1.807, 2.05) is 24.3 Å². The van der Waals surface area contributed by atoms with E-state index in [4.69, 9.17) is 0 Å². The van der Waals surface area contributed by atoms with Gasteiger partial charge >= 0.3 is 0 Å². The number of piperidine rings is 1. The predicted octanol–water partition coefficient (Wildman–Crippen LogP) is 4.89. The number of amides is 1. The van der Waals surface area contributed by atoms with Gasteiger partial charge in [-0.1, -0.05) is 31.5 Å². The van der Waals surface area contributed by atoms with Gasteiger partial charge in [-0.2, -0.15) is 0 Å². The van der Waals surface area contributed by atoms with Gasteiger partial charge in [-0.05, 0) is 55.4 Å². The van der Waals surface area contributed by atoms with E-state index in [9.17, 15) is 4.79 Å². The molecule has 2 heterocycles. The van der Waals surface area contributed by atoms with E-state index in [1.165, 1.54) is 37.2 Å². The predicted molar refractivity (Wildman–Crippen MR) is 112 cm³/mol. The molecular weight excluding hydrogens is 360 g/mol. The quantitative estimate of drug-likeness (QED) is 0.653. The summed E-state index contributed by atoms with van der Waals surface area (Å²) in [5.41, 5.74) is 0.791. The second-order valence-corrected chi connectivity index (χ2v) is 9.09. The zero-order chi connectivity index (χ0) is 18.2. The summed E-state index contributed by atoms with van der Waals surface area (Å²) in [6.45, 7) is 6.46. The number of hydrogen-bond acceptors (Lipinski definition) is 4. The summed E-state index contributed by atoms with van der Waals surface area (Å²) in [5.74, 6) is 1.43. The van der Waals surface area contributed by atoms with Crippen molar-refractivity contribution in [2.45, 2.75) is 36.8 Å². The van der Waals surface area contributed by atoms with Gasteiger partial charge in [-0.15, -0.1) is 23.1 Å². The van der Waals surface area contributed by atoms with Gasteiger partial charge in [0.15, 0.2) is 0 Å². The molecule has 0 bridgehead atoms. The third kappa shape index (κ3) is 5.86. The van der Waals surface area contributed by atoms with Crippen LogP contribution in [0.15, 0.2) is 46.7 Å². The first-order valence-corrected chi connectivity index (χ1v) is 11.3. The molecule has 3 rings (SSSR count). The van der Waals surface area contributed by atoms with Crippen molar-refractivity contribution in [3.8, 4) is 0 Å². The molecule has 0 spiro atoms. The topological polar surface area (TPSA) is 32.3 Å². The second kappa shape index (κ2) is 10.1. The van der Waals surface area contributed by atoms with Gasteiger partial charge in [0.2, 0.25) is 0 Å². The maximum atomic E-state index is 12.7. The van der Waals surface area contributed by atoms with Crippen molar-refractivity contribution in [2.24, 2.45) is 5.92 Å². The SMILES string of the molecule is CC(CNC(=O)c1ccccc1SCc1cccs1)CN1CCCCC1. The lowest BCUT2D eigenvalue weighted by molar-refractivity contribution is 0.0939. The summed E-state index contributed by atoms with van der Waals surface area (Å²) >= 11 is 3.50. The fourth-order valence-electron chi connectivity index (χ4n) is 3.33. The minimum atomic E-state index is 0.0461. The maximum absolute atomic E-state index is 12.7. The molecule has 1 aromatic heterocycles. The van der Waals surface area contributed by atoms with Crippen LogP contribution >= 0.6 is 23.1 Å². The van der Waals surface area contributed by atoms with Gasteiger partial charge in [0, 0.05) is 28.6 Å². The van der Waals surface area contributed by atoms with Crippen LogP contribution in [0.25, 0.3) is 0 Å². The van der Waals surface area contributed by atoms with Gasteiger partial charge < -0.3 is 10.2 Å². The number of benzene rings is 1. The Hall–Kier alpha value is -1.30. The van der Waals surface area contributed by atoms with Crippen molar-refractivity contribution in [1.82, 2.24) is 10.2 Å². The van der Waals surface area contributed by atoms with Gasteiger partial charge in [-0.25, -0.2) is 0 Å². The highest BCUT2D eigenvalue weighted by Gasteiger charge is 2.16. The van der Waals surface area contributed by atoms with Crippen molar-refractivity contribution in [1.29, 1.82) is 0 Å². The molecule has 1 N–H and O–H groups in total. The minimum absolute atomic E-state index is 0.0461. The van der Waals surface area contributed by atoms with Crippen LogP contribution < -0.4 is 5.32 Å². The Morgan fingerprint density at radius 3 is 2.77 bits per heavy atom. The van der Waals surface area contributed by atoms with Crippen LogP contribution in [0, 0.1) is 5.92 Å². The maximum Gasteiger partial charge on any atom is 0.252 e. The van der Waals surface area contributed by atoms with Crippen molar-refractivity contribution in [3.05, 3.63) is 52.2 Å². The Morgan fingerprint density at radius 1 is 1.19 bits per heavy atom. The number of carbonyl (C=O) groups is 1. The Labute approximate surface area is 165 Å². The fourth-order valence-corrected chi connectivity index (χ4v) is 5.16. The number of likely N-dealkylation sites (tertiary alicyclic amines) is 1. The molecular formula is C21H28N2OS2. The number of carbonyl (C=O) groups excluding carboxylic acids is 1. The molecule has 1 unspecified atom stereocenters. The van der Waals surface area contributed by atoms with Crippen LogP contribution in [0.5, 0.6) is 0 Å². The molecule has 2 aromatic rings. The average molecular weight is 389 g/mol. The first-order chi connectivity index (χ1) is 12.7. The number of hydrogen-bond donors (Lipinski definition) is 1. The summed E-state index contributed by atoms with van der Waals surface area (Å²) in [5, 5.41) is 5.24. The van der Waals surface area contributed by atoms with Crippen molar-refractivity contribution in [3.63, 3.8) is 0 Å². The average Bonchev–Trinajstić information content (AvgIpc) is 3.19.